The van der Waals surface area contributed by atoms with Crippen LogP contribution in [0, 0.1) is 0 Å². The van der Waals surface area contributed by atoms with Gasteiger partial charge in [-0.05, 0) is 38.1 Å². The third kappa shape index (κ3) is 6.94. The molecule has 0 aromatic heterocycles. The van der Waals surface area contributed by atoms with Crippen LogP contribution in [0.15, 0.2) is 24.3 Å². The van der Waals surface area contributed by atoms with Crippen LogP contribution >= 0.6 is 12.4 Å². The van der Waals surface area contributed by atoms with Gasteiger partial charge in [-0.1, -0.05) is 0 Å². The third-order valence-electron chi connectivity index (χ3n) is 3.01. The molecular formula is C15H22ClF3N2O3. The van der Waals surface area contributed by atoms with Gasteiger partial charge < -0.3 is 20.5 Å². The zero-order valence-electron chi connectivity index (χ0n) is 13.6. The summed E-state index contributed by atoms with van der Waals surface area (Å²) >= 11 is 0. The topological polar surface area (TPSA) is 75.8 Å². The van der Waals surface area contributed by atoms with Gasteiger partial charge in [0.2, 0.25) is 5.91 Å². The number of nitrogens with two attached hydrogens (primary N) is 1. The van der Waals surface area contributed by atoms with E-state index in [2.05, 4.69) is 0 Å². The molecule has 0 bridgehead atoms. The Morgan fingerprint density at radius 2 is 1.79 bits per heavy atom. The second-order valence-electron chi connectivity index (χ2n) is 5.89. The molecule has 1 atom stereocenters. The number of hydrogen-bond acceptors (Lipinski definition) is 4. The van der Waals surface area contributed by atoms with E-state index in [1.54, 1.807) is 13.8 Å². The van der Waals surface area contributed by atoms with Crippen LogP contribution in [0.1, 0.15) is 19.4 Å². The van der Waals surface area contributed by atoms with Crippen LogP contribution < -0.4 is 10.5 Å². The van der Waals surface area contributed by atoms with E-state index in [0.717, 1.165) is 12.1 Å². The van der Waals surface area contributed by atoms with Crippen LogP contribution in [-0.2, 0) is 11.0 Å². The number of likely N-dealkylation sites (N-methyl/N-ethyl adjacent to an activating group) is 1. The summed E-state index contributed by atoms with van der Waals surface area (Å²) in [5, 5.41) is 9.84. The molecule has 0 aliphatic carbocycles. The molecule has 1 rings (SSSR count). The summed E-state index contributed by atoms with van der Waals surface area (Å²) in [6.45, 7) is 2.95. The van der Waals surface area contributed by atoms with Crippen molar-refractivity contribution in [3.63, 3.8) is 0 Å². The van der Waals surface area contributed by atoms with Crippen LogP contribution in [0.25, 0.3) is 0 Å². The molecule has 9 heteroatoms. The van der Waals surface area contributed by atoms with E-state index in [4.69, 9.17) is 10.5 Å². The zero-order valence-corrected chi connectivity index (χ0v) is 14.4. The Morgan fingerprint density at radius 3 is 2.21 bits per heavy atom. The van der Waals surface area contributed by atoms with Gasteiger partial charge in [-0.3, -0.25) is 4.79 Å². The third-order valence-corrected chi connectivity index (χ3v) is 3.01. The smallest absolute Gasteiger partial charge is 0.416 e. The number of halogens is 4. The van der Waals surface area contributed by atoms with Crippen LogP contribution in [0.4, 0.5) is 13.2 Å². The lowest BCUT2D eigenvalue weighted by Gasteiger charge is -2.27. The normalized spacial score (nSPS) is 13.0. The maximum atomic E-state index is 12.4. The van der Waals surface area contributed by atoms with Crippen molar-refractivity contribution in [1.29, 1.82) is 0 Å². The summed E-state index contributed by atoms with van der Waals surface area (Å²) in [4.78, 5) is 13.1. The van der Waals surface area contributed by atoms with Gasteiger partial charge in [0.15, 0.2) is 0 Å². The molecule has 0 heterocycles. The first-order valence-electron chi connectivity index (χ1n) is 6.94. The van der Waals surface area contributed by atoms with Gasteiger partial charge in [0.1, 0.15) is 18.5 Å². The molecule has 1 amide bonds. The fourth-order valence-electron chi connectivity index (χ4n) is 1.88. The summed E-state index contributed by atoms with van der Waals surface area (Å²) in [6.07, 6.45) is -5.40. The maximum absolute atomic E-state index is 12.4. The number of carbonyl (C=O) groups is 1. The van der Waals surface area contributed by atoms with E-state index < -0.39 is 23.4 Å². The zero-order chi connectivity index (χ0) is 17.8. The van der Waals surface area contributed by atoms with Crippen LogP contribution in [0.3, 0.4) is 0 Å². The van der Waals surface area contributed by atoms with Gasteiger partial charge >= 0.3 is 6.18 Å². The molecule has 138 valence electrons. The fraction of sp³-hybridized carbons (Fsp3) is 0.533. The number of carbonyl (C=O) groups excluding carboxylic acids is 1. The van der Waals surface area contributed by atoms with Crippen molar-refractivity contribution in [2.45, 2.75) is 31.7 Å². The number of alkyl halides is 3. The van der Waals surface area contributed by atoms with E-state index >= 15 is 0 Å². The van der Waals surface area contributed by atoms with Crippen molar-refractivity contribution in [2.24, 2.45) is 5.73 Å². The number of aliphatic hydroxyl groups is 1. The summed E-state index contributed by atoms with van der Waals surface area (Å²) in [5.41, 5.74) is 3.84. The largest absolute Gasteiger partial charge is 0.491 e. The maximum Gasteiger partial charge on any atom is 0.416 e. The number of rotatable bonds is 6. The second-order valence-corrected chi connectivity index (χ2v) is 5.89. The van der Waals surface area contributed by atoms with Gasteiger partial charge in [0.25, 0.3) is 0 Å². The van der Waals surface area contributed by atoms with Gasteiger partial charge in [0.05, 0.1) is 11.1 Å². The van der Waals surface area contributed by atoms with Crippen LogP contribution in [-0.4, -0.2) is 47.8 Å². The Labute approximate surface area is 145 Å². The second kappa shape index (κ2) is 8.55. The Balaban J connectivity index is 0.00000529. The molecule has 0 spiro atoms. The molecular weight excluding hydrogens is 349 g/mol. The van der Waals surface area contributed by atoms with E-state index in [1.165, 1.54) is 24.1 Å². The molecule has 3 N–H and O–H groups in total. The highest BCUT2D eigenvalue weighted by atomic mass is 35.5. The van der Waals surface area contributed by atoms with Crippen molar-refractivity contribution >= 4 is 18.3 Å². The minimum atomic E-state index is -4.41. The first-order chi connectivity index (χ1) is 10.4. The van der Waals surface area contributed by atoms with Crippen molar-refractivity contribution in [2.75, 3.05) is 20.2 Å². The molecule has 0 aliphatic rings. The van der Waals surface area contributed by atoms with E-state index in [0.29, 0.717) is 0 Å². The Hall–Kier alpha value is -1.51. The number of ether oxygens (including phenoxy) is 1. The molecule has 0 radical (unpaired) electrons. The molecule has 1 aromatic rings. The Bertz CT molecular complexity index is 530. The number of benzene rings is 1. The average molecular weight is 371 g/mol. The summed E-state index contributed by atoms with van der Waals surface area (Å²) < 4.78 is 42.5. The number of nitrogens with zero attached hydrogens (tertiary/aromatic N) is 1. The minimum Gasteiger partial charge on any atom is -0.491 e. The van der Waals surface area contributed by atoms with E-state index in [9.17, 15) is 23.1 Å². The van der Waals surface area contributed by atoms with E-state index in [1.807, 2.05) is 0 Å². The Morgan fingerprint density at radius 1 is 1.29 bits per heavy atom. The minimum absolute atomic E-state index is 0. The quantitative estimate of drug-likeness (QED) is 0.803. The molecule has 5 nitrogen and oxygen atoms in total. The number of hydrogen-bond donors (Lipinski definition) is 2. The summed E-state index contributed by atoms with van der Waals surface area (Å²) in [7, 11) is 1.50. The van der Waals surface area contributed by atoms with Crippen LogP contribution in [0.5, 0.6) is 5.75 Å². The van der Waals surface area contributed by atoms with Gasteiger partial charge in [-0.15, -0.1) is 12.4 Å². The van der Waals surface area contributed by atoms with Crippen molar-refractivity contribution < 1.29 is 27.8 Å². The molecule has 0 fully saturated rings. The van der Waals surface area contributed by atoms with Crippen molar-refractivity contribution in [1.82, 2.24) is 4.90 Å². The predicted molar refractivity (Wildman–Crippen MR) is 86.1 cm³/mol. The average Bonchev–Trinajstić information content (AvgIpc) is 2.42. The lowest BCUT2D eigenvalue weighted by molar-refractivity contribution is -0.137. The standard InChI is InChI=1S/C15H21F3N2O3.ClH/c1-14(2,19)13(22)20(3)8-11(21)9-23-12-6-4-10(5-7-12)15(16,17)18;/h4-7,11,21H,8-9,19H2,1-3H3;1H. The monoisotopic (exact) mass is 370 g/mol. The molecule has 24 heavy (non-hydrogen) atoms. The first kappa shape index (κ1) is 22.5. The fourth-order valence-corrected chi connectivity index (χ4v) is 1.88. The van der Waals surface area contributed by atoms with Crippen molar-refractivity contribution in [3.8, 4) is 5.75 Å². The lowest BCUT2D eigenvalue weighted by atomic mass is 10.1. The highest BCUT2D eigenvalue weighted by molar-refractivity contribution is 5.85. The Kier molecular flexibility index (Phi) is 8.01. The molecule has 1 aromatic carbocycles. The predicted octanol–water partition coefficient (Wildman–Crippen LogP) is 2.06. The SMILES string of the molecule is CN(CC(O)COc1ccc(C(F)(F)F)cc1)C(=O)C(C)(C)N.Cl. The van der Waals surface area contributed by atoms with Gasteiger partial charge in [-0.25, -0.2) is 0 Å². The van der Waals surface area contributed by atoms with Gasteiger partial charge in [0, 0.05) is 13.6 Å². The molecule has 0 saturated carbocycles. The molecule has 0 saturated heterocycles. The summed E-state index contributed by atoms with van der Waals surface area (Å²) in [6, 6.07) is 4.14. The summed E-state index contributed by atoms with van der Waals surface area (Å²) in [5.74, 6) is -0.142. The van der Waals surface area contributed by atoms with Crippen molar-refractivity contribution in [3.05, 3.63) is 29.8 Å². The lowest BCUT2D eigenvalue weighted by Crippen LogP contribution is -2.51. The number of amides is 1. The molecule has 0 aliphatic heterocycles. The first-order valence-corrected chi connectivity index (χ1v) is 6.94. The molecule has 1 unspecified atom stereocenters. The highest BCUT2D eigenvalue weighted by Crippen LogP contribution is 2.30. The van der Waals surface area contributed by atoms with Gasteiger partial charge in [-0.2, -0.15) is 13.2 Å². The highest BCUT2D eigenvalue weighted by Gasteiger charge is 2.30. The van der Waals surface area contributed by atoms with Crippen LogP contribution in [0.2, 0.25) is 0 Å². The number of aliphatic hydroxyl groups excluding tert-OH is 1. The van der Waals surface area contributed by atoms with E-state index in [-0.39, 0.29) is 37.2 Å².